The number of halogens is 4. The first-order chi connectivity index (χ1) is 8.97. The smallest absolute Gasteiger partial charge is 0.262 e. The Bertz CT molecular complexity index is 611. The van der Waals surface area contributed by atoms with E-state index in [4.69, 9.17) is 11.6 Å². The van der Waals surface area contributed by atoms with Crippen LogP contribution in [-0.2, 0) is 0 Å². The molecule has 0 spiro atoms. The van der Waals surface area contributed by atoms with Crippen LogP contribution in [0.5, 0.6) is 0 Å². The molecule has 1 N–H and O–H groups in total. The number of nitrogens with one attached hydrogen (secondary N) is 1. The first kappa shape index (κ1) is 13.3. The lowest BCUT2D eigenvalue weighted by Crippen LogP contribution is -2.17. The minimum absolute atomic E-state index is 0.0440. The average Bonchev–Trinajstić information content (AvgIpc) is 2.30. The molecule has 0 radical (unpaired) electrons. The average molecular weight is 288 g/mol. The largest absolute Gasteiger partial charge is 0.305 e. The first-order valence-electron chi connectivity index (χ1n) is 4.92. The molecule has 1 amide bonds. The molecule has 8 heteroatoms. The van der Waals surface area contributed by atoms with E-state index in [1.807, 2.05) is 0 Å². The Morgan fingerprint density at radius 1 is 1.11 bits per heavy atom. The third-order valence-electron chi connectivity index (χ3n) is 2.11. The molecule has 0 saturated carbocycles. The maximum Gasteiger partial charge on any atom is 0.262 e. The fourth-order valence-electron chi connectivity index (χ4n) is 1.32. The second-order valence-electron chi connectivity index (χ2n) is 3.44. The summed E-state index contributed by atoms with van der Waals surface area (Å²) in [4.78, 5) is 11.6. The zero-order valence-corrected chi connectivity index (χ0v) is 9.88. The maximum atomic E-state index is 13.3. The van der Waals surface area contributed by atoms with Crippen LogP contribution in [0.1, 0.15) is 10.4 Å². The zero-order chi connectivity index (χ0) is 14.0. The van der Waals surface area contributed by atoms with Crippen molar-refractivity contribution in [3.8, 4) is 0 Å². The van der Waals surface area contributed by atoms with Crippen molar-refractivity contribution in [2.45, 2.75) is 0 Å². The van der Waals surface area contributed by atoms with Gasteiger partial charge in [0.2, 0.25) is 0 Å². The fraction of sp³-hybridized carbons (Fsp3) is 0. The van der Waals surface area contributed by atoms with Gasteiger partial charge in [0.25, 0.3) is 5.91 Å². The molecule has 0 bridgehead atoms. The number of carbonyl (C=O) groups is 1. The van der Waals surface area contributed by atoms with Crippen LogP contribution >= 0.6 is 11.6 Å². The van der Waals surface area contributed by atoms with Crippen molar-refractivity contribution in [3.63, 3.8) is 0 Å². The van der Waals surface area contributed by atoms with Crippen LogP contribution < -0.4 is 5.32 Å². The van der Waals surface area contributed by atoms with E-state index >= 15 is 0 Å². The molecular formula is C11H5ClF3N3O. The number of aromatic nitrogens is 2. The fourth-order valence-corrected chi connectivity index (χ4v) is 1.42. The van der Waals surface area contributed by atoms with Gasteiger partial charge in [0.05, 0.1) is 0 Å². The van der Waals surface area contributed by atoms with Crippen molar-refractivity contribution in [2.24, 2.45) is 0 Å². The molecule has 1 aromatic carbocycles. The summed E-state index contributed by atoms with van der Waals surface area (Å²) in [5.74, 6) is -4.88. The Kier molecular flexibility index (Phi) is 3.66. The van der Waals surface area contributed by atoms with Gasteiger partial charge in [-0.3, -0.25) is 4.79 Å². The zero-order valence-electron chi connectivity index (χ0n) is 9.12. The lowest BCUT2D eigenvalue weighted by Gasteiger charge is -2.06. The van der Waals surface area contributed by atoms with Gasteiger partial charge in [0.15, 0.2) is 11.0 Å². The summed E-state index contributed by atoms with van der Waals surface area (Å²) in [6, 6.07) is 3.45. The molecule has 98 valence electrons. The number of carbonyl (C=O) groups excluding carboxylic acids is 1. The third kappa shape index (κ3) is 3.00. The number of rotatable bonds is 2. The molecular weight excluding hydrogens is 283 g/mol. The van der Waals surface area contributed by atoms with Crippen LogP contribution in [0.2, 0.25) is 5.15 Å². The SMILES string of the molecule is O=C(Nc1ccc(Cl)nn1)c1c(F)cc(F)cc1F. The van der Waals surface area contributed by atoms with E-state index in [-0.39, 0.29) is 11.0 Å². The van der Waals surface area contributed by atoms with E-state index in [0.29, 0.717) is 12.1 Å². The molecule has 0 atom stereocenters. The third-order valence-corrected chi connectivity index (χ3v) is 2.31. The minimum Gasteiger partial charge on any atom is -0.305 e. The van der Waals surface area contributed by atoms with Crippen LogP contribution in [0.15, 0.2) is 24.3 Å². The predicted octanol–water partition coefficient (Wildman–Crippen LogP) is 2.80. The van der Waals surface area contributed by atoms with Gasteiger partial charge in [-0.1, -0.05) is 11.6 Å². The highest BCUT2D eigenvalue weighted by Gasteiger charge is 2.19. The summed E-state index contributed by atoms with van der Waals surface area (Å²) >= 11 is 5.49. The molecule has 0 fully saturated rings. The highest BCUT2D eigenvalue weighted by Crippen LogP contribution is 2.16. The van der Waals surface area contributed by atoms with Crippen molar-refractivity contribution in [1.82, 2.24) is 10.2 Å². The van der Waals surface area contributed by atoms with E-state index in [1.54, 1.807) is 0 Å². The number of amides is 1. The summed E-state index contributed by atoms with van der Waals surface area (Å²) < 4.78 is 39.4. The van der Waals surface area contributed by atoms with E-state index < -0.39 is 28.9 Å². The van der Waals surface area contributed by atoms with Crippen molar-refractivity contribution in [2.75, 3.05) is 5.32 Å². The minimum atomic E-state index is -1.31. The Labute approximate surface area is 110 Å². The van der Waals surface area contributed by atoms with E-state index in [1.165, 1.54) is 12.1 Å². The normalized spacial score (nSPS) is 10.3. The molecule has 0 aliphatic heterocycles. The quantitative estimate of drug-likeness (QED) is 0.924. The van der Waals surface area contributed by atoms with Gasteiger partial charge in [0, 0.05) is 12.1 Å². The van der Waals surface area contributed by atoms with E-state index in [9.17, 15) is 18.0 Å². The molecule has 1 heterocycles. The maximum absolute atomic E-state index is 13.3. The molecule has 0 aliphatic carbocycles. The number of hydrogen-bond donors (Lipinski definition) is 1. The van der Waals surface area contributed by atoms with Crippen molar-refractivity contribution in [1.29, 1.82) is 0 Å². The second-order valence-corrected chi connectivity index (χ2v) is 3.83. The van der Waals surface area contributed by atoms with Crippen molar-refractivity contribution >= 4 is 23.3 Å². The van der Waals surface area contributed by atoms with E-state index in [2.05, 4.69) is 15.5 Å². The second kappa shape index (κ2) is 5.23. The van der Waals surface area contributed by atoms with Gasteiger partial charge in [-0.15, -0.1) is 10.2 Å². The number of benzene rings is 1. The van der Waals surface area contributed by atoms with Crippen LogP contribution in [0.25, 0.3) is 0 Å². The Morgan fingerprint density at radius 2 is 1.74 bits per heavy atom. The molecule has 2 aromatic rings. The molecule has 2 rings (SSSR count). The lowest BCUT2D eigenvalue weighted by molar-refractivity contribution is 0.101. The van der Waals surface area contributed by atoms with Gasteiger partial charge in [-0.2, -0.15) is 0 Å². The molecule has 0 aliphatic rings. The van der Waals surface area contributed by atoms with Crippen molar-refractivity contribution in [3.05, 3.63) is 52.4 Å². The summed E-state index contributed by atoms with van der Waals surface area (Å²) in [7, 11) is 0. The summed E-state index contributed by atoms with van der Waals surface area (Å²) in [6.45, 7) is 0. The van der Waals surface area contributed by atoms with Crippen LogP contribution in [-0.4, -0.2) is 16.1 Å². The van der Waals surface area contributed by atoms with Gasteiger partial charge in [-0.25, -0.2) is 13.2 Å². The first-order valence-corrected chi connectivity index (χ1v) is 5.30. The molecule has 0 saturated heterocycles. The predicted molar refractivity (Wildman–Crippen MR) is 61.3 cm³/mol. The lowest BCUT2D eigenvalue weighted by atomic mass is 10.2. The van der Waals surface area contributed by atoms with Gasteiger partial charge in [-0.05, 0) is 12.1 Å². The van der Waals surface area contributed by atoms with Gasteiger partial charge < -0.3 is 5.32 Å². The Hall–Kier alpha value is -2.15. The monoisotopic (exact) mass is 287 g/mol. The van der Waals surface area contributed by atoms with Crippen molar-refractivity contribution < 1.29 is 18.0 Å². The number of nitrogens with zero attached hydrogens (tertiary/aromatic N) is 2. The highest BCUT2D eigenvalue weighted by atomic mass is 35.5. The molecule has 0 unspecified atom stereocenters. The van der Waals surface area contributed by atoms with Gasteiger partial charge >= 0.3 is 0 Å². The van der Waals surface area contributed by atoms with Crippen LogP contribution in [0.3, 0.4) is 0 Å². The Balaban J connectivity index is 2.28. The van der Waals surface area contributed by atoms with E-state index in [0.717, 1.165) is 0 Å². The summed E-state index contributed by atoms with van der Waals surface area (Å²) in [6.07, 6.45) is 0. The topological polar surface area (TPSA) is 54.9 Å². The standard InChI is InChI=1S/C11H5ClF3N3O/c12-8-1-2-9(18-17-8)16-11(19)10-6(14)3-5(13)4-7(10)15/h1-4H,(H,16,18,19). The summed E-state index contributed by atoms with van der Waals surface area (Å²) in [5, 5.41) is 9.13. The highest BCUT2D eigenvalue weighted by molar-refractivity contribution is 6.29. The number of hydrogen-bond acceptors (Lipinski definition) is 3. The molecule has 19 heavy (non-hydrogen) atoms. The molecule has 4 nitrogen and oxygen atoms in total. The summed E-state index contributed by atoms with van der Waals surface area (Å²) in [5.41, 5.74) is -0.904. The number of anilines is 1. The van der Waals surface area contributed by atoms with Gasteiger partial charge in [0.1, 0.15) is 23.0 Å². The van der Waals surface area contributed by atoms with Crippen LogP contribution in [0, 0.1) is 17.5 Å². The Morgan fingerprint density at radius 3 is 2.26 bits per heavy atom. The molecule has 1 aromatic heterocycles. The van der Waals surface area contributed by atoms with Crippen LogP contribution in [0.4, 0.5) is 19.0 Å².